The van der Waals surface area contributed by atoms with E-state index in [2.05, 4.69) is 21.2 Å². The number of nitrogens with two attached hydrogens (primary N) is 1. The molecule has 0 bridgehead atoms. The van der Waals surface area contributed by atoms with Gasteiger partial charge in [-0.25, -0.2) is 4.39 Å². The second-order valence-electron chi connectivity index (χ2n) is 4.42. The van der Waals surface area contributed by atoms with Crippen molar-refractivity contribution in [1.29, 1.82) is 0 Å². The lowest BCUT2D eigenvalue weighted by molar-refractivity contribution is 0.619. The Hall–Kier alpha value is -1.39. The van der Waals surface area contributed by atoms with Gasteiger partial charge in [0.1, 0.15) is 5.82 Å². The molecule has 0 amide bonds. The van der Waals surface area contributed by atoms with Crippen LogP contribution < -0.4 is 11.1 Å². The molecule has 0 aliphatic rings. The van der Waals surface area contributed by atoms with E-state index in [0.717, 1.165) is 16.8 Å². The van der Waals surface area contributed by atoms with Crippen LogP contribution in [-0.2, 0) is 0 Å². The number of aryl methyl sites for hydroxylation is 1. The highest BCUT2D eigenvalue weighted by Gasteiger charge is 2.12. The van der Waals surface area contributed by atoms with Crippen LogP contribution >= 0.6 is 15.9 Å². The van der Waals surface area contributed by atoms with Crippen molar-refractivity contribution in [3.63, 3.8) is 0 Å². The lowest BCUT2D eigenvalue weighted by atomic mass is 10.1. The third-order valence-corrected chi connectivity index (χ3v) is 3.66. The highest BCUT2D eigenvalue weighted by Crippen LogP contribution is 2.25. The number of halogens is 2. The summed E-state index contributed by atoms with van der Waals surface area (Å²) in [5.74, 6) is -0.268. The monoisotopic (exact) mass is 322 g/mol. The van der Waals surface area contributed by atoms with E-state index >= 15 is 0 Å². The fourth-order valence-electron chi connectivity index (χ4n) is 1.93. The summed E-state index contributed by atoms with van der Waals surface area (Å²) >= 11 is 3.20. The van der Waals surface area contributed by atoms with Crippen molar-refractivity contribution in [2.24, 2.45) is 5.73 Å². The summed E-state index contributed by atoms with van der Waals surface area (Å²) in [4.78, 5) is 0. The first-order chi connectivity index (χ1) is 9.11. The summed E-state index contributed by atoms with van der Waals surface area (Å²) in [6, 6.07) is 12.9. The smallest absolute Gasteiger partial charge is 0.137 e. The summed E-state index contributed by atoms with van der Waals surface area (Å²) in [6.45, 7) is 2.48. The summed E-state index contributed by atoms with van der Waals surface area (Å²) < 4.78 is 13.7. The van der Waals surface area contributed by atoms with Crippen molar-refractivity contribution < 1.29 is 4.39 Å². The molecule has 0 aromatic heterocycles. The van der Waals surface area contributed by atoms with Gasteiger partial charge in [0, 0.05) is 12.2 Å². The normalized spacial score (nSPS) is 12.2. The van der Waals surface area contributed by atoms with E-state index in [1.165, 1.54) is 6.07 Å². The first kappa shape index (κ1) is 14.0. The van der Waals surface area contributed by atoms with Crippen LogP contribution in [0.2, 0.25) is 0 Å². The molecule has 3 N–H and O–H groups in total. The van der Waals surface area contributed by atoms with E-state index in [1.54, 1.807) is 12.1 Å². The Morgan fingerprint density at radius 3 is 2.63 bits per heavy atom. The molecule has 0 radical (unpaired) electrons. The van der Waals surface area contributed by atoms with E-state index in [9.17, 15) is 4.39 Å². The first-order valence-electron chi connectivity index (χ1n) is 6.09. The Bertz CT molecular complexity index is 572. The fraction of sp³-hybridized carbons (Fsp3) is 0.200. The zero-order valence-electron chi connectivity index (χ0n) is 10.7. The van der Waals surface area contributed by atoms with Gasteiger partial charge in [-0.05, 0) is 52.2 Å². The highest BCUT2D eigenvalue weighted by molar-refractivity contribution is 9.10. The van der Waals surface area contributed by atoms with Crippen LogP contribution in [0.15, 0.2) is 46.9 Å². The van der Waals surface area contributed by atoms with Gasteiger partial charge in [-0.2, -0.15) is 0 Å². The molecule has 100 valence electrons. The molecule has 2 rings (SSSR count). The van der Waals surface area contributed by atoms with Crippen LogP contribution in [0.25, 0.3) is 0 Å². The second-order valence-corrected chi connectivity index (χ2v) is 5.28. The zero-order chi connectivity index (χ0) is 13.8. The topological polar surface area (TPSA) is 38.0 Å². The molecule has 0 fully saturated rings. The largest absolute Gasteiger partial charge is 0.377 e. The van der Waals surface area contributed by atoms with Gasteiger partial charge in [-0.15, -0.1) is 0 Å². The minimum absolute atomic E-state index is 0.0435. The Morgan fingerprint density at radius 2 is 2.00 bits per heavy atom. The van der Waals surface area contributed by atoms with Crippen LogP contribution in [0.1, 0.15) is 17.2 Å². The molecule has 0 saturated carbocycles. The molecule has 4 heteroatoms. The van der Waals surface area contributed by atoms with Gasteiger partial charge in [0.15, 0.2) is 0 Å². The van der Waals surface area contributed by atoms with Gasteiger partial charge >= 0.3 is 0 Å². The zero-order valence-corrected chi connectivity index (χ0v) is 12.2. The Morgan fingerprint density at radius 1 is 1.26 bits per heavy atom. The average molecular weight is 323 g/mol. The SMILES string of the molecule is Cc1ccccc1NC(CN)c1ccc(F)c(Br)c1. The Kier molecular flexibility index (Phi) is 4.56. The minimum atomic E-state index is -0.268. The lowest BCUT2D eigenvalue weighted by Crippen LogP contribution is -2.21. The van der Waals surface area contributed by atoms with Crippen molar-refractivity contribution in [2.75, 3.05) is 11.9 Å². The maximum absolute atomic E-state index is 13.3. The van der Waals surface area contributed by atoms with E-state index in [0.29, 0.717) is 11.0 Å². The van der Waals surface area contributed by atoms with Gasteiger partial charge in [0.25, 0.3) is 0 Å². The predicted molar refractivity (Wildman–Crippen MR) is 80.7 cm³/mol. The fourth-order valence-corrected chi connectivity index (χ4v) is 2.33. The predicted octanol–water partition coefficient (Wildman–Crippen LogP) is 4.01. The Balaban J connectivity index is 2.25. The van der Waals surface area contributed by atoms with Crippen molar-refractivity contribution in [2.45, 2.75) is 13.0 Å². The molecule has 19 heavy (non-hydrogen) atoms. The van der Waals surface area contributed by atoms with E-state index in [4.69, 9.17) is 5.73 Å². The standard InChI is InChI=1S/C15H16BrFN2/c1-10-4-2-3-5-14(10)19-15(9-18)11-6-7-13(17)12(16)8-11/h2-8,15,19H,9,18H2,1H3. The number of benzene rings is 2. The van der Waals surface area contributed by atoms with Gasteiger partial charge in [-0.3, -0.25) is 0 Å². The van der Waals surface area contributed by atoms with Gasteiger partial charge in [-0.1, -0.05) is 24.3 Å². The molecule has 0 aliphatic carbocycles. The van der Waals surface area contributed by atoms with Crippen molar-refractivity contribution in [1.82, 2.24) is 0 Å². The van der Waals surface area contributed by atoms with Gasteiger partial charge in [0.05, 0.1) is 10.5 Å². The number of hydrogen-bond donors (Lipinski definition) is 2. The lowest BCUT2D eigenvalue weighted by Gasteiger charge is -2.20. The molecule has 2 aromatic rings. The first-order valence-corrected chi connectivity index (χ1v) is 6.88. The number of nitrogens with one attached hydrogen (secondary N) is 1. The van der Waals surface area contributed by atoms with Crippen molar-refractivity contribution >= 4 is 21.6 Å². The minimum Gasteiger partial charge on any atom is -0.377 e. The molecule has 2 nitrogen and oxygen atoms in total. The maximum Gasteiger partial charge on any atom is 0.137 e. The molecular formula is C15H16BrFN2. The highest BCUT2D eigenvalue weighted by atomic mass is 79.9. The number of hydrogen-bond acceptors (Lipinski definition) is 2. The van der Waals surface area contributed by atoms with Gasteiger partial charge in [0.2, 0.25) is 0 Å². The summed E-state index contributed by atoms with van der Waals surface area (Å²) in [5, 5.41) is 3.39. The Labute approximate surface area is 121 Å². The summed E-state index contributed by atoms with van der Waals surface area (Å²) in [7, 11) is 0. The third kappa shape index (κ3) is 3.33. The maximum atomic E-state index is 13.3. The van der Waals surface area contributed by atoms with Crippen LogP contribution in [0.4, 0.5) is 10.1 Å². The molecule has 0 aliphatic heterocycles. The van der Waals surface area contributed by atoms with Gasteiger partial charge < -0.3 is 11.1 Å². The molecular weight excluding hydrogens is 307 g/mol. The van der Waals surface area contributed by atoms with Crippen LogP contribution in [0.5, 0.6) is 0 Å². The van der Waals surface area contributed by atoms with E-state index in [-0.39, 0.29) is 11.9 Å². The number of para-hydroxylation sites is 1. The van der Waals surface area contributed by atoms with Crippen molar-refractivity contribution in [3.05, 3.63) is 63.9 Å². The molecule has 0 heterocycles. The van der Waals surface area contributed by atoms with Crippen molar-refractivity contribution in [3.8, 4) is 0 Å². The second kappa shape index (κ2) is 6.17. The van der Waals surface area contributed by atoms with Crippen LogP contribution in [0.3, 0.4) is 0 Å². The number of anilines is 1. The molecule has 0 spiro atoms. The summed E-state index contributed by atoms with van der Waals surface area (Å²) in [5.41, 5.74) is 8.97. The molecule has 0 saturated heterocycles. The average Bonchev–Trinajstić information content (AvgIpc) is 2.41. The van der Waals surface area contributed by atoms with E-state index in [1.807, 2.05) is 31.2 Å². The van der Waals surface area contributed by atoms with E-state index < -0.39 is 0 Å². The molecule has 1 unspecified atom stereocenters. The molecule has 1 atom stereocenters. The quantitative estimate of drug-likeness (QED) is 0.892. The number of rotatable bonds is 4. The molecule has 2 aromatic carbocycles. The third-order valence-electron chi connectivity index (χ3n) is 3.06. The van der Waals surface area contributed by atoms with Crippen LogP contribution in [-0.4, -0.2) is 6.54 Å². The summed E-state index contributed by atoms with van der Waals surface area (Å²) in [6.07, 6.45) is 0. The van der Waals surface area contributed by atoms with Crippen LogP contribution in [0, 0.1) is 12.7 Å².